The van der Waals surface area contributed by atoms with E-state index in [-0.39, 0.29) is 6.42 Å². The molecule has 0 atom stereocenters. The van der Waals surface area contributed by atoms with Gasteiger partial charge in [-0.25, -0.2) is 0 Å². The van der Waals surface area contributed by atoms with Gasteiger partial charge < -0.3 is 15.5 Å². The summed E-state index contributed by atoms with van der Waals surface area (Å²) >= 11 is 0. The van der Waals surface area contributed by atoms with Gasteiger partial charge in [-0.05, 0) is 24.1 Å². The van der Waals surface area contributed by atoms with Crippen LogP contribution in [0.4, 0.5) is 22.0 Å². The summed E-state index contributed by atoms with van der Waals surface area (Å²) in [6.07, 6.45) is -6.04. The first-order valence-electron chi connectivity index (χ1n) is 5.29. The zero-order valence-corrected chi connectivity index (χ0v) is 9.84. The highest BCUT2D eigenvalue weighted by atomic mass is 19.4. The van der Waals surface area contributed by atoms with Crippen LogP contribution in [0.1, 0.15) is 5.56 Å². The normalized spacial score (nSPS) is 12.2. The summed E-state index contributed by atoms with van der Waals surface area (Å²) in [5.41, 5.74) is 0.343. The minimum absolute atomic E-state index is 0.0898. The highest BCUT2D eigenvalue weighted by molar-refractivity contribution is 5.84. The zero-order valence-electron chi connectivity index (χ0n) is 9.84. The maximum Gasteiger partial charge on any atom is 0.463 e. The predicted octanol–water partition coefficient (Wildman–Crippen LogP) is 1.95. The first-order chi connectivity index (χ1) is 9.05. The molecule has 1 rings (SSSR count). The Kier molecular flexibility index (Phi) is 4.41. The molecule has 1 aromatic rings. The van der Waals surface area contributed by atoms with Crippen molar-refractivity contribution in [2.75, 3.05) is 6.54 Å². The number of alkyl halides is 5. The SMILES string of the molecule is O=C(NCCc1ccc(O)c(O)c1)C(F)(F)C(F)(F)F. The second kappa shape index (κ2) is 5.51. The predicted molar refractivity (Wildman–Crippen MR) is 57.5 cm³/mol. The lowest BCUT2D eigenvalue weighted by atomic mass is 10.1. The molecule has 4 nitrogen and oxygen atoms in total. The Morgan fingerprint density at radius 3 is 2.20 bits per heavy atom. The molecule has 0 radical (unpaired) electrons. The summed E-state index contributed by atoms with van der Waals surface area (Å²) in [6.45, 7) is -0.477. The molecule has 0 aromatic heterocycles. The Balaban J connectivity index is 2.56. The highest BCUT2D eigenvalue weighted by Crippen LogP contribution is 2.35. The van der Waals surface area contributed by atoms with Gasteiger partial charge >= 0.3 is 12.1 Å². The van der Waals surface area contributed by atoms with Crippen LogP contribution in [0.15, 0.2) is 18.2 Å². The van der Waals surface area contributed by atoms with Gasteiger partial charge in [-0.2, -0.15) is 22.0 Å². The van der Waals surface area contributed by atoms with Crippen LogP contribution in [-0.2, 0) is 11.2 Å². The van der Waals surface area contributed by atoms with Crippen LogP contribution in [0, 0.1) is 0 Å². The molecule has 0 fully saturated rings. The number of aromatic hydroxyl groups is 2. The Labute approximate surface area is 109 Å². The number of phenolic OH excluding ortho intramolecular Hbond substituents is 2. The third kappa shape index (κ3) is 3.49. The molecule has 3 N–H and O–H groups in total. The molecule has 0 spiro atoms. The average Bonchev–Trinajstić information content (AvgIpc) is 2.32. The van der Waals surface area contributed by atoms with E-state index in [9.17, 15) is 26.7 Å². The number of halogens is 5. The van der Waals surface area contributed by atoms with Crippen molar-refractivity contribution < 1.29 is 37.0 Å². The standard InChI is InChI=1S/C11H10F5NO3/c12-10(13,11(14,15)16)9(20)17-4-3-6-1-2-7(18)8(19)5-6/h1-2,5,18-19H,3-4H2,(H,17,20). The number of carbonyl (C=O) groups excluding carboxylic acids is 1. The van der Waals surface area contributed by atoms with E-state index in [0.717, 1.165) is 12.1 Å². The zero-order chi connectivity index (χ0) is 15.6. The second-order valence-electron chi connectivity index (χ2n) is 3.90. The van der Waals surface area contributed by atoms with Crippen molar-refractivity contribution in [2.24, 2.45) is 0 Å². The smallest absolute Gasteiger partial charge is 0.463 e. The number of carbonyl (C=O) groups is 1. The third-order valence-corrected chi connectivity index (χ3v) is 2.38. The van der Waals surface area contributed by atoms with Crippen LogP contribution in [0.3, 0.4) is 0 Å². The maximum atomic E-state index is 12.6. The molecule has 0 aliphatic carbocycles. The minimum atomic E-state index is -5.95. The average molecular weight is 299 g/mol. The quantitative estimate of drug-likeness (QED) is 0.588. The van der Waals surface area contributed by atoms with Gasteiger partial charge in [-0.15, -0.1) is 0 Å². The molecule has 0 saturated carbocycles. The van der Waals surface area contributed by atoms with Gasteiger partial charge in [0.1, 0.15) is 0 Å². The van der Waals surface area contributed by atoms with E-state index in [1.165, 1.54) is 11.4 Å². The molecule has 1 aromatic carbocycles. The molecular weight excluding hydrogens is 289 g/mol. The number of rotatable bonds is 4. The van der Waals surface area contributed by atoms with E-state index in [2.05, 4.69) is 0 Å². The van der Waals surface area contributed by atoms with E-state index in [1.807, 2.05) is 0 Å². The Bertz CT molecular complexity index is 501. The minimum Gasteiger partial charge on any atom is -0.504 e. The number of benzene rings is 1. The Morgan fingerprint density at radius 2 is 1.70 bits per heavy atom. The van der Waals surface area contributed by atoms with Crippen LogP contribution < -0.4 is 5.32 Å². The molecule has 0 bridgehead atoms. The van der Waals surface area contributed by atoms with Crippen LogP contribution in [0.5, 0.6) is 11.5 Å². The van der Waals surface area contributed by atoms with E-state index in [1.54, 1.807) is 0 Å². The summed E-state index contributed by atoms with van der Waals surface area (Å²) in [4.78, 5) is 10.8. The molecule has 0 aliphatic heterocycles. The molecule has 112 valence electrons. The van der Waals surface area contributed by atoms with Crippen LogP contribution in [0.2, 0.25) is 0 Å². The lowest BCUT2D eigenvalue weighted by Crippen LogP contribution is -2.50. The highest BCUT2D eigenvalue weighted by Gasteiger charge is 2.63. The van der Waals surface area contributed by atoms with Gasteiger partial charge in [0, 0.05) is 6.54 Å². The molecule has 1 amide bonds. The van der Waals surface area contributed by atoms with Gasteiger partial charge in [-0.3, -0.25) is 4.79 Å². The first kappa shape index (κ1) is 16.0. The summed E-state index contributed by atoms with van der Waals surface area (Å²) in [5, 5.41) is 19.6. The van der Waals surface area contributed by atoms with Crippen molar-refractivity contribution in [3.63, 3.8) is 0 Å². The van der Waals surface area contributed by atoms with E-state index in [4.69, 9.17) is 10.2 Å². The lowest BCUT2D eigenvalue weighted by Gasteiger charge is -2.18. The third-order valence-electron chi connectivity index (χ3n) is 2.38. The fourth-order valence-electron chi connectivity index (χ4n) is 1.28. The van der Waals surface area contributed by atoms with Gasteiger partial charge in [0.05, 0.1) is 0 Å². The van der Waals surface area contributed by atoms with Crippen LogP contribution >= 0.6 is 0 Å². The van der Waals surface area contributed by atoms with Crippen molar-refractivity contribution in [3.05, 3.63) is 23.8 Å². The van der Waals surface area contributed by atoms with Crippen molar-refractivity contribution in [2.45, 2.75) is 18.5 Å². The Hall–Kier alpha value is -2.06. The summed E-state index contributed by atoms with van der Waals surface area (Å²) < 4.78 is 60.7. The van der Waals surface area contributed by atoms with Crippen LogP contribution in [-0.4, -0.2) is 34.8 Å². The molecule has 0 heterocycles. The fourth-order valence-corrected chi connectivity index (χ4v) is 1.28. The molecule has 20 heavy (non-hydrogen) atoms. The molecular formula is C11H10F5NO3. The number of hydrogen-bond acceptors (Lipinski definition) is 3. The van der Waals surface area contributed by atoms with Crippen molar-refractivity contribution in [3.8, 4) is 11.5 Å². The second-order valence-corrected chi connectivity index (χ2v) is 3.90. The van der Waals surface area contributed by atoms with E-state index >= 15 is 0 Å². The molecule has 0 aliphatic rings. The van der Waals surface area contributed by atoms with Gasteiger partial charge in [0.25, 0.3) is 5.91 Å². The van der Waals surface area contributed by atoms with Crippen molar-refractivity contribution >= 4 is 5.91 Å². The summed E-state index contributed by atoms with van der Waals surface area (Å²) in [7, 11) is 0. The lowest BCUT2D eigenvalue weighted by molar-refractivity contribution is -0.269. The summed E-state index contributed by atoms with van der Waals surface area (Å²) in [5.74, 6) is -8.76. The van der Waals surface area contributed by atoms with Crippen LogP contribution in [0.25, 0.3) is 0 Å². The maximum absolute atomic E-state index is 12.6. The molecule has 0 saturated heterocycles. The monoisotopic (exact) mass is 299 g/mol. The van der Waals surface area contributed by atoms with Gasteiger partial charge in [0.15, 0.2) is 11.5 Å². The number of nitrogens with one attached hydrogen (secondary N) is 1. The molecule has 9 heteroatoms. The van der Waals surface area contributed by atoms with Crippen molar-refractivity contribution in [1.82, 2.24) is 5.32 Å². The Morgan fingerprint density at radius 1 is 1.10 bits per heavy atom. The van der Waals surface area contributed by atoms with E-state index < -0.39 is 36.0 Å². The number of hydrogen-bond donors (Lipinski definition) is 3. The van der Waals surface area contributed by atoms with Gasteiger partial charge in [0.2, 0.25) is 0 Å². The van der Waals surface area contributed by atoms with Gasteiger partial charge in [-0.1, -0.05) is 6.07 Å². The molecule has 0 unspecified atom stereocenters. The number of amides is 1. The topological polar surface area (TPSA) is 69.6 Å². The number of phenols is 2. The largest absolute Gasteiger partial charge is 0.504 e. The summed E-state index contributed by atoms with van der Waals surface area (Å²) in [6, 6.07) is 3.54. The van der Waals surface area contributed by atoms with Crippen molar-refractivity contribution in [1.29, 1.82) is 0 Å². The first-order valence-corrected chi connectivity index (χ1v) is 5.29. The van der Waals surface area contributed by atoms with E-state index in [0.29, 0.717) is 5.56 Å². The fraction of sp³-hybridized carbons (Fsp3) is 0.364.